The number of anilines is 1. The molecular weight excluding hydrogens is 312 g/mol. The van der Waals surface area contributed by atoms with Crippen LogP contribution in [0.2, 0.25) is 0 Å². The number of nitrogens with zero attached hydrogens (tertiary/aromatic N) is 1. The van der Waals surface area contributed by atoms with Crippen molar-refractivity contribution in [2.24, 2.45) is 0 Å². The smallest absolute Gasteiger partial charge is 0.261 e. The van der Waals surface area contributed by atoms with Crippen molar-refractivity contribution in [2.45, 2.75) is 18.7 Å². The summed E-state index contributed by atoms with van der Waals surface area (Å²) in [7, 11) is 1.53. The molecule has 0 saturated carbocycles. The van der Waals surface area contributed by atoms with E-state index in [1.807, 2.05) is 0 Å². The summed E-state index contributed by atoms with van der Waals surface area (Å²) < 4.78 is 22.6. The van der Waals surface area contributed by atoms with Crippen LogP contribution in [0.15, 0.2) is 41.4 Å². The number of hydrogen-bond acceptors (Lipinski definition) is 4. The zero-order chi connectivity index (χ0) is 15.6. The first-order chi connectivity index (χ1) is 9.79. The number of carbonyl (C=O) groups excluding carboxylic acids is 1. The van der Waals surface area contributed by atoms with Crippen LogP contribution in [-0.2, 0) is 9.05 Å². The molecule has 0 saturated heterocycles. The Morgan fingerprint density at radius 1 is 1.24 bits per heavy atom. The maximum Gasteiger partial charge on any atom is 0.261 e. The molecule has 1 aromatic carbocycles. The van der Waals surface area contributed by atoms with Crippen molar-refractivity contribution in [3.8, 4) is 0 Å². The van der Waals surface area contributed by atoms with Gasteiger partial charge in [0.15, 0.2) is 0 Å². The van der Waals surface area contributed by atoms with Crippen LogP contribution in [0.5, 0.6) is 0 Å². The molecule has 0 unspecified atom stereocenters. The molecule has 0 spiro atoms. The van der Waals surface area contributed by atoms with Crippen molar-refractivity contribution in [3.63, 3.8) is 0 Å². The second kappa shape index (κ2) is 5.83. The molecule has 0 aliphatic rings. The van der Waals surface area contributed by atoms with Crippen molar-refractivity contribution >= 4 is 31.3 Å². The highest BCUT2D eigenvalue weighted by molar-refractivity contribution is 8.13. The molecule has 1 aromatic heterocycles. The minimum atomic E-state index is -3.79. The van der Waals surface area contributed by atoms with E-state index in [2.05, 4.69) is 10.3 Å². The summed E-state index contributed by atoms with van der Waals surface area (Å²) in [6.07, 6.45) is 1.61. The van der Waals surface area contributed by atoms with Crippen LogP contribution in [0.3, 0.4) is 0 Å². The first kappa shape index (κ1) is 15.5. The molecule has 1 N–H and O–H groups in total. The zero-order valence-corrected chi connectivity index (χ0v) is 13.0. The Morgan fingerprint density at radius 3 is 2.52 bits per heavy atom. The van der Waals surface area contributed by atoms with E-state index in [-0.39, 0.29) is 10.8 Å². The summed E-state index contributed by atoms with van der Waals surface area (Å²) in [4.78, 5) is 16.2. The van der Waals surface area contributed by atoms with E-state index >= 15 is 0 Å². The molecule has 0 aliphatic heterocycles. The van der Waals surface area contributed by atoms with Crippen LogP contribution >= 0.6 is 10.7 Å². The van der Waals surface area contributed by atoms with E-state index in [0.29, 0.717) is 22.5 Å². The Labute approximate surface area is 127 Å². The topological polar surface area (TPSA) is 76.1 Å². The Balaban J connectivity index is 2.27. The molecular formula is C14H13ClN2O3S. The van der Waals surface area contributed by atoms with Gasteiger partial charge in [0.2, 0.25) is 0 Å². The maximum atomic E-state index is 12.1. The Hall–Kier alpha value is -1.92. The molecule has 2 aromatic rings. The van der Waals surface area contributed by atoms with Crippen LogP contribution in [0.4, 0.5) is 5.69 Å². The summed E-state index contributed by atoms with van der Waals surface area (Å²) in [5, 5.41) is 2.70. The first-order valence-corrected chi connectivity index (χ1v) is 8.38. The van der Waals surface area contributed by atoms with Crippen molar-refractivity contribution in [3.05, 3.63) is 53.3 Å². The largest absolute Gasteiger partial charge is 0.322 e. The maximum absolute atomic E-state index is 12.1. The monoisotopic (exact) mass is 324 g/mol. The predicted octanol–water partition coefficient (Wildman–Crippen LogP) is 2.88. The normalized spacial score (nSPS) is 11.2. The summed E-state index contributed by atoms with van der Waals surface area (Å²) in [6, 6.07) is 7.76. The van der Waals surface area contributed by atoms with Crippen molar-refractivity contribution in [1.82, 2.24) is 4.98 Å². The Morgan fingerprint density at radius 2 is 1.95 bits per heavy atom. The zero-order valence-electron chi connectivity index (χ0n) is 11.4. The molecule has 7 heteroatoms. The van der Waals surface area contributed by atoms with E-state index in [4.69, 9.17) is 10.7 Å². The average Bonchev–Trinajstić information content (AvgIpc) is 2.37. The van der Waals surface area contributed by atoms with Gasteiger partial charge in [0.05, 0.1) is 10.5 Å². The number of benzene rings is 1. The number of nitrogens with one attached hydrogen (secondary N) is 1. The fourth-order valence-corrected chi connectivity index (χ4v) is 3.12. The van der Waals surface area contributed by atoms with Gasteiger partial charge >= 0.3 is 0 Å². The molecule has 0 radical (unpaired) electrons. The third-order valence-corrected chi connectivity index (χ3v) is 4.43. The number of hydrogen-bond donors (Lipinski definition) is 1. The quantitative estimate of drug-likeness (QED) is 0.881. The molecule has 0 atom stereocenters. The van der Waals surface area contributed by atoms with Crippen molar-refractivity contribution < 1.29 is 13.2 Å². The average molecular weight is 325 g/mol. The number of aromatic nitrogens is 1. The van der Waals surface area contributed by atoms with Crippen molar-refractivity contribution in [1.29, 1.82) is 0 Å². The highest BCUT2D eigenvalue weighted by atomic mass is 35.7. The van der Waals surface area contributed by atoms with Gasteiger partial charge in [-0.3, -0.25) is 9.78 Å². The summed E-state index contributed by atoms with van der Waals surface area (Å²) in [5.41, 5.74) is 2.03. The van der Waals surface area contributed by atoms with E-state index in [9.17, 15) is 13.2 Å². The van der Waals surface area contributed by atoms with Gasteiger partial charge in [-0.15, -0.1) is 0 Å². The van der Waals surface area contributed by atoms with Gasteiger partial charge < -0.3 is 5.32 Å². The lowest BCUT2D eigenvalue weighted by molar-refractivity contribution is 0.102. The van der Waals surface area contributed by atoms with Crippen LogP contribution in [-0.4, -0.2) is 19.3 Å². The summed E-state index contributed by atoms with van der Waals surface area (Å²) >= 11 is 0. The van der Waals surface area contributed by atoms with Gasteiger partial charge in [0.25, 0.3) is 15.0 Å². The third-order valence-electron chi connectivity index (χ3n) is 2.95. The lowest BCUT2D eigenvalue weighted by atomic mass is 10.1. The first-order valence-electron chi connectivity index (χ1n) is 6.07. The van der Waals surface area contributed by atoms with Crippen LogP contribution in [0, 0.1) is 13.8 Å². The van der Waals surface area contributed by atoms with Gasteiger partial charge in [0, 0.05) is 28.3 Å². The molecule has 5 nitrogen and oxygen atoms in total. The van der Waals surface area contributed by atoms with Crippen LogP contribution < -0.4 is 5.32 Å². The standard InChI is InChI=1S/C14H13ClN2O3S/c1-9-8-11(5-6-13(9)21(15,19)20)17-14(18)12-4-3-7-16-10(12)2/h3-8H,1-2H3,(H,17,18). The molecule has 0 fully saturated rings. The number of aryl methyl sites for hydroxylation is 2. The number of halogens is 1. The highest BCUT2D eigenvalue weighted by Crippen LogP contribution is 2.23. The predicted molar refractivity (Wildman–Crippen MR) is 81.1 cm³/mol. The molecule has 0 aliphatic carbocycles. The number of rotatable bonds is 3. The van der Waals surface area contributed by atoms with Gasteiger partial charge in [-0.2, -0.15) is 0 Å². The van der Waals surface area contributed by atoms with E-state index < -0.39 is 9.05 Å². The lowest BCUT2D eigenvalue weighted by Crippen LogP contribution is -2.14. The molecule has 0 bridgehead atoms. The molecule has 110 valence electrons. The van der Waals surface area contributed by atoms with Crippen LogP contribution in [0.25, 0.3) is 0 Å². The van der Waals surface area contributed by atoms with E-state index in [1.165, 1.54) is 12.1 Å². The fraction of sp³-hybridized carbons (Fsp3) is 0.143. The lowest BCUT2D eigenvalue weighted by Gasteiger charge is -2.09. The second-order valence-corrected chi connectivity index (χ2v) is 7.04. The SMILES string of the molecule is Cc1cc(NC(=O)c2cccnc2C)ccc1S(=O)(=O)Cl. The second-order valence-electron chi connectivity index (χ2n) is 4.51. The van der Waals surface area contributed by atoms with Gasteiger partial charge in [0.1, 0.15) is 0 Å². The fourth-order valence-electron chi connectivity index (χ4n) is 1.92. The number of amides is 1. The van der Waals surface area contributed by atoms with E-state index in [0.717, 1.165) is 0 Å². The Bertz CT molecular complexity index is 804. The van der Waals surface area contributed by atoms with E-state index in [1.54, 1.807) is 38.2 Å². The van der Waals surface area contributed by atoms with Gasteiger partial charge in [-0.1, -0.05) is 0 Å². The number of pyridine rings is 1. The summed E-state index contributed by atoms with van der Waals surface area (Å²) in [5.74, 6) is -0.304. The number of carbonyl (C=O) groups is 1. The minimum Gasteiger partial charge on any atom is -0.322 e. The van der Waals surface area contributed by atoms with Gasteiger partial charge in [-0.25, -0.2) is 8.42 Å². The highest BCUT2D eigenvalue weighted by Gasteiger charge is 2.15. The summed E-state index contributed by atoms with van der Waals surface area (Å²) in [6.45, 7) is 3.35. The minimum absolute atomic E-state index is 0.0275. The molecule has 21 heavy (non-hydrogen) atoms. The Kier molecular flexibility index (Phi) is 4.29. The molecule has 1 amide bonds. The third kappa shape index (κ3) is 3.59. The molecule has 2 rings (SSSR count). The van der Waals surface area contributed by atoms with Gasteiger partial charge in [-0.05, 0) is 49.7 Å². The van der Waals surface area contributed by atoms with Crippen LogP contribution in [0.1, 0.15) is 21.6 Å². The van der Waals surface area contributed by atoms with Crippen molar-refractivity contribution in [2.75, 3.05) is 5.32 Å². The molecule has 1 heterocycles.